The van der Waals surface area contributed by atoms with Crippen LogP contribution in [0.15, 0.2) is 42.5 Å². The highest BCUT2D eigenvalue weighted by Crippen LogP contribution is 2.23. The predicted octanol–water partition coefficient (Wildman–Crippen LogP) is 3.22. The quantitative estimate of drug-likeness (QED) is 0.743. The number of carboxylic acids is 1. The number of para-hydroxylation sites is 1. The lowest BCUT2D eigenvalue weighted by Crippen LogP contribution is -1.99. The molecule has 6 heteroatoms. The third kappa shape index (κ3) is 5.31. The summed E-state index contributed by atoms with van der Waals surface area (Å²) in [6.45, 7) is 1.98. The SMILES string of the molecule is CCCc1cccc(C(=O)O)c1O.COC(=O)c1ccc(O)cc1. The summed E-state index contributed by atoms with van der Waals surface area (Å²) < 4.78 is 4.46. The Morgan fingerprint density at radius 3 is 2.17 bits per heavy atom. The van der Waals surface area contributed by atoms with Crippen LogP contribution in [0.4, 0.5) is 0 Å². The van der Waals surface area contributed by atoms with E-state index in [1.54, 1.807) is 12.1 Å². The number of hydrogen-bond acceptors (Lipinski definition) is 5. The molecule has 0 bridgehead atoms. The zero-order valence-electron chi connectivity index (χ0n) is 13.5. The van der Waals surface area contributed by atoms with E-state index in [4.69, 9.17) is 10.2 Å². The van der Waals surface area contributed by atoms with Crippen molar-refractivity contribution in [1.82, 2.24) is 0 Å². The molecule has 2 rings (SSSR count). The molecule has 0 saturated carbocycles. The van der Waals surface area contributed by atoms with Crippen LogP contribution in [0.5, 0.6) is 11.5 Å². The summed E-state index contributed by atoms with van der Waals surface area (Å²) >= 11 is 0. The first kappa shape index (κ1) is 19.0. The average Bonchev–Trinajstić information content (AvgIpc) is 2.57. The molecule has 0 spiro atoms. The molecule has 0 amide bonds. The maximum Gasteiger partial charge on any atom is 0.339 e. The number of aryl methyl sites for hydroxylation is 1. The van der Waals surface area contributed by atoms with E-state index in [0.717, 1.165) is 6.42 Å². The van der Waals surface area contributed by atoms with E-state index < -0.39 is 11.9 Å². The first-order valence-electron chi connectivity index (χ1n) is 7.32. The number of carbonyl (C=O) groups is 2. The van der Waals surface area contributed by atoms with Crippen LogP contribution in [-0.2, 0) is 11.2 Å². The van der Waals surface area contributed by atoms with E-state index >= 15 is 0 Å². The maximum atomic E-state index is 10.8. The lowest BCUT2D eigenvalue weighted by molar-refractivity contribution is 0.0599. The third-order valence-electron chi connectivity index (χ3n) is 3.16. The van der Waals surface area contributed by atoms with Gasteiger partial charge in [-0.15, -0.1) is 0 Å². The van der Waals surface area contributed by atoms with Gasteiger partial charge in [-0.2, -0.15) is 0 Å². The highest BCUT2D eigenvalue weighted by atomic mass is 16.5. The van der Waals surface area contributed by atoms with Gasteiger partial charge in [0.25, 0.3) is 0 Å². The van der Waals surface area contributed by atoms with Gasteiger partial charge in [-0.3, -0.25) is 0 Å². The summed E-state index contributed by atoms with van der Waals surface area (Å²) in [5, 5.41) is 27.1. The average molecular weight is 332 g/mol. The molecule has 0 unspecified atom stereocenters. The van der Waals surface area contributed by atoms with Gasteiger partial charge < -0.3 is 20.1 Å². The van der Waals surface area contributed by atoms with E-state index in [9.17, 15) is 14.7 Å². The van der Waals surface area contributed by atoms with E-state index in [-0.39, 0.29) is 17.1 Å². The van der Waals surface area contributed by atoms with E-state index in [2.05, 4.69) is 4.74 Å². The fourth-order valence-electron chi connectivity index (χ4n) is 1.95. The van der Waals surface area contributed by atoms with Crippen molar-refractivity contribution in [2.75, 3.05) is 7.11 Å². The lowest BCUT2D eigenvalue weighted by atomic mass is 10.1. The largest absolute Gasteiger partial charge is 0.508 e. The molecule has 0 radical (unpaired) electrons. The van der Waals surface area contributed by atoms with Crippen molar-refractivity contribution >= 4 is 11.9 Å². The van der Waals surface area contributed by atoms with Crippen LogP contribution in [0, 0.1) is 0 Å². The van der Waals surface area contributed by atoms with Gasteiger partial charge in [0, 0.05) is 0 Å². The molecule has 0 saturated heterocycles. The van der Waals surface area contributed by atoms with Crippen molar-refractivity contribution < 1.29 is 29.6 Å². The number of rotatable bonds is 4. The number of phenolic OH excluding ortho intramolecular Hbond substituents is 1. The summed E-state index contributed by atoms with van der Waals surface area (Å²) in [6.07, 6.45) is 1.59. The van der Waals surface area contributed by atoms with Crippen molar-refractivity contribution in [3.63, 3.8) is 0 Å². The summed E-state index contributed by atoms with van der Waals surface area (Å²) in [5.41, 5.74) is 1.11. The summed E-state index contributed by atoms with van der Waals surface area (Å²) in [4.78, 5) is 21.4. The molecular weight excluding hydrogens is 312 g/mol. The fraction of sp³-hybridized carbons (Fsp3) is 0.222. The van der Waals surface area contributed by atoms with Crippen LogP contribution in [0.3, 0.4) is 0 Å². The normalized spacial score (nSPS) is 9.58. The molecule has 24 heavy (non-hydrogen) atoms. The number of carbonyl (C=O) groups excluding carboxylic acids is 1. The Balaban J connectivity index is 0.000000243. The Morgan fingerprint density at radius 2 is 1.67 bits per heavy atom. The Morgan fingerprint density at radius 1 is 1.04 bits per heavy atom. The molecule has 0 aliphatic heterocycles. The lowest BCUT2D eigenvalue weighted by Gasteiger charge is -2.04. The minimum absolute atomic E-state index is 0.0223. The van der Waals surface area contributed by atoms with Gasteiger partial charge in [-0.05, 0) is 42.3 Å². The van der Waals surface area contributed by atoms with E-state index in [1.165, 1.54) is 37.4 Å². The van der Waals surface area contributed by atoms with Crippen LogP contribution < -0.4 is 0 Å². The zero-order chi connectivity index (χ0) is 18.1. The molecule has 0 aliphatic rings. The van der Waals surface area contributed by atoms with Gasteiger partial charge in [0.15, 0.2) is 0 Å². The Kier molecular flexibility index (Phi) is 7.29. The van der Waals surface area contributed by atoms with Crippen molar-refractivity contribution in [1.29, 1.82) is 0 Å². The third-order valence-corrected chi connectivity index (χ3v) is 3.16. The smallest absolute Gasteiger partial charge is 0.339 e. The molecular formula is C18H20O6. The molecule has 128 valence electrons. The first-order chi connectivity index (χ1) is 11.4. The zero-order valence-corrected chi connectivity index (χ0v) is 13.5. The minimum atomic E-state index is -1.09. The highest BCUT2D eigenvalue weighted by Gasteiger charge is 2.11. The second-order valence-corrected chi connectivity index (χ2v) is 4.91. The number of hydrogen-bond donors (Lipinski definition) is 3. The molecule has 0 atom stereocenters. The molecule has 0 heterocycles. The number of esters is 1. The van der Waals surface area contributed by atoms with Crippen molar-refractivity contribution in [2.24, 2.45) is 0 Å². The standard InChI is InChI=1S/C10H12O3.C8H8O3/c1-2-4-7-5-3-6-8(9(7)11)10(12)13;1-11-8(10)6-2-4-7(9)5-3-6/h3,5-6,11H,2,4H2,1H3,(H,12,13);2-5,9H,1H3. The van der Waals surface area contributed by atoms with Crippen molar-refractivity contribution in [2.45, 2.75) is 19.8 Å². The van der Waals surface area contributed by atoms with Crippen LogP contribution in [-0.4, -0.2) is 34.4 Å². The Labute approximate surface area is 140 Å². The van der Waals surface area contributed by atoms with Gasteiger partial charge in [-0.1, -0.05) is 25.5 Å². The van der Waals surface area contributed by atoms with Crippen LogP contribution in [0.1, 0.15) is 39.6 Å². The monoisotopic (exact) mass is 332 g/mol. The predicted molar refractivity (Wildman–Crippen MR) is 88.5 cm³/mol. The molecule has 0 fully saturated rings. The van der Waals surface area contributed by atoms with E-state index in [1.807, 2.05) is 6.92 Å². The van der Waals surface area contributed by atoms with Gasteiger partial charge in [0.2, 0.25) is 0 Å². The highest BCUT2D eigenvalue weighted by molar-refractivity contribution is 5.91. The molecule has 0 aromatic heterocycles. The number of aromatic hydroxyl groups is 2. The van der Waals surface area contributed by atoms with Crippen LogP contribution in [0.25, 0.3) is 0 Å². The number of phenols is 2. The van der Waals surface area contributed by atoms with Crippen molar-refractivity contribution in [3.05, 3.63) is 59.2 Å². The first-order valence-corrected chi connectivity index (χ1v) is 7.32. The Bertz CT molecular complexity index is 691. The van der Waals surface area contributed by atoms with Gasteiger partial charge in [0.1, 0.15) is 17.1 Å². The summed E-state index contributed by atoms with van der Waals surface area (Å²) in [6, 6.07) is 10.7. The number of ether oxygens (including phenoxy) is 1. The summed E-state index contributed by atoms with van der Waals surface area (Å²) in [5.74, 6) is -1.45. The van der Waals surface area contributed by atoms with Gasteiger partial charge in [0.05, 0.1) is 12.7 Å². The van der Waals surface area contributed by atoms with E-state index in [0.29, 0.717) is 17.5 Å². The van der Waals surface area contributed by atoms with Crippen molar-refractivity contribution in [3.8, 4) is 11.5 Å². The number of benzene rings is 2. The number of carboxylic acid groups (broad SMARTS) is 1. The number of methoxy groups -OCH3 is 1. The fourth-order valence-corrected chi connectivity index (χ4v) is 1.95. The molecule has 3 N–H and O–H groups in total. The van der Waals surface area contributed by atoms with Gasteiger partial charge in [-0.25, -0.2) is 9.59 Å². The molecule has 0 aliphatic carbocycles. The number of aromatic carboxylic acids is 1. The minimum Gasteiger partial charge on any atom is -0.508 e. The molecule has 6 nitrogen and oxygen atoms in total. The molecule has 2 aromatic carbocycles. The maximum absolute atomic E-state index is 10.8. The summed E-state index contributed by atoms with van der Waals surface area (Å²) in [7, 11) is 1.31. The Hall–Kier alpha value is -3.02. The van der Waals surface area contributed by atoms with Crippen LogP contribution >= 0.6 is 0 Å². The van der Waals surface area contributed by atoms with Gasteiger partial charge >= 0.3 is 11.9 Å². The second-order valence-electron chi connectivity index (χ2n) is 4.91. The molecule has 2 aromatic rings. The van der Waals surface area contributed by atoms with Crippen LogP contribution in [0.2, 0.25) is 0 Å². The second kappa shape index (κ2) is 9.19. The topological polar surface area (TPSA) is 104 Å².